The van der Waals surface area contributed by atoms with E-state index in [2.05, 4.69) is 146 Å². The van der Waals surface area contributed by atoms with Crippen molar-refractivity contribution in [3.05, 3.63) is 120 Å². The van der Waals surface area contributed by atoms with Gasteiger partial charge in [0, 0.05) is 56.2 Å². The molecule has 53 heavy (non-hydrogen) atoms. The summed E-state index contributed by atoms with van der Waals surface area (Å²) in [5, 5.41) is 0. The zero-order valence-electron chi connectivity index (χ0n) is 31.6. The lowest BCUT2D eigenvalue weighted by Gasteiger charge is -2.55. The maximum absolute atomic E-state index is 3.02. The molecule has 4 bridgehead atoms. The number of hydrogen-bond acceptors (Lipinski definition) is 3. The lowest BCUT2D eigenvalue weighted by atomic mass is 9.28. The Balaban J connectivity index is 1.17. The van der Waals surface area contributed by atoms with E-state index in [1.807, 2.05) is 0 Å². The highest BCUT2D eigenvalue weighted by atomic mass is 15.3. The molecule has 0 saturated heterocycles. The Morgan fingerprint density at radius 1 is 0.547 bits per heavy atom. The Bertz CT molecular complexity index is 2440. The second kappa shape index (κ2) is 9.43. The maximum atomic E-state index is 3.02. The number of fused-ring (bicyclic) bond motifs is 3. The number of hydrogen-bond donors (Lipinski definition) is 0. The highest BCUT2D eigenvalue weighted by Crippen LogP contribution is 2.70. The van der Waals surface area contributed by atoms with Gasteiger partial charge in [0.25, 0.3) is 6.71 Å². The van der Waals surface area contributed by atoms with Crippen molar-refractivity contribution in [2.75, 3.05) is 14.7 Å². The first-order valence-electron chi connectivity index (χ1n) is 20.7. The molecule has 4 unspecified atom stereocenters. The van der Waals surface area contributed by atoms with E-state index >= 15 is 0 Å². The van der Waals surface area contributed by atoms with Gasteiger partial charge in [0.15, 0.2) is 0 Å². The van der Waals surface area contributed by atoms with Crippen LogP contribution in [0.25, 0.3) is 0 Å². The molecule has 0 spiro atoms. The fourth-order valence-corrected chi connectivity index (χ4v) is 14.7. The molecular formula is C49H48BN3. The minimum absolute atomic E-state index is 0.00165. The van der Waals surface area contributed by atoms with Gasteiger partial charge in [-0.25, -0.2) is 0 Å². The molecule has 0 amide bonds. The van der Waals surface area contributed by atoms with E-state index in [0.29, 0.717) is 0 Å². The van der Waals surface area contributed by atoms with Crippen LogP contribution in [-0.2, 0) is 10.8 Å². The molecule has 0 aromatic heterocycles. The van der Waals surface area contributed by atoms with Crippen molar-refractivity contribution in [2.24, 2.45) is 17.8 Å². The summed E-state index contributed by atoms with van der Waals surface area (Å²) in [6.07, 6.45) is 10.6. The van der Waals surface area contributed by atoms with Crippen molar-refractivity contribution in [1.82, 2.24) is 0 Å². The first kappa shape index (κ1) is 30.0. The van der Waals surface area contributed by atoms with Gasteiger partial charge in [-0.05, 0) is 139 Å². The summed E-state index contributed by atoms with van der Waals surface area (Å²) in [6.45, 7) is 10.4. The number of para-hydroxylation sites is 2. The largest absolute Gasteiger partial charge is 0.336 e. The summed E-state index contributed by atoms with van der Waals surface area (Å²) in [6, 6.07) is 40.7. The monoisotopic (exact) mass is 689 g/mol. The van der Waals surface area contributed by atoms with Crippen LogP contribution in [0.1, 0.15) is 95.8 Å². The molecule has 4 atom stereocenters. The van der Waals surface area contributed by atoms with Crippen molar-refractivity contribution in [3.8, 4) is 0 Å². The van der Waals surface area contributed by atoms with Gasteiger partial charge in [-0.15, -0.1) is 0 Å². The van der Waals surface area contributed by atoms with E-state index in [0.717, 1.165) is 17.8 Å². The van der Waals surface area contributed by atoms with Crippen molar-refractivity contribution in [1.29, 1.82) is 0 Å². The molecule has 5 saturated carbocycles. The lowest BCUT2D eigenvalue weighted by Crippen LogP contribution is -2.69. The SMILES string of the molecule is CC1(C)c2cccc3c2B2c4c(cc(N5c6ccccc6C6(C)CCCCC56C)cc4N(C45CC6CC4CC6C5)c4cccc1c42)N3c1ccccc1. The van der Waals surface area contributed by atoms with Crippen LogP contribution in [0.2, 0.25) is 0 Å². The smallest absolute Gasteiger partial charge is 0.252 e. The highest BCUT2D eigenvalue weighted by molar-refractivity contribution is 7.01. The molecule has 9 aliphatic rings. The Hall–Kier alpha value is -4.44. The number of nitrogens with zero attached hydrogens (tertiary/aromatic N) is 3. The van der Waals surface area contributed by atoms with Crippen molar-refractivity contribution in [3.63, 3.8) is 0 Å². The van der Waals surface area contributed by atoms with E-state index in [-0.39, 0.29) is 28.6 Å². The van der Waals surface area contributed by atoms with Crippen LogP contribution < -0.4 is 31.1 Å². The Labute approximate surface area is 315 Å². The summed E-state index contributed by atoms with van der Waals surface area (Å²) in [5.74, 6) is 2.57. The summed E-state index contributed by atoms with van der Waals surface area (Å²) >= 11 is 0. The van der Waals surface area contributed by atoms with Crippen molar-refractivity contribution in [2.45, 2.75) is 101 Å². The molecule has 3 nitrogen and oxygen atoms in total. The van der Waals surface area contributed by atoms with Gasteiger partial charge in [-0.3, -0.25) is 0 Å². The zero-order chi connectivity index (χ0) is 35.2. The van der Waals surface area contributed by atoms with Crippen LogP contribution >= 0.6 is 0 Å². The standard InChI is InChI=1S/C49H48BN3/c1-46(2)36-17-12-20-39-43(36)50-44-37(46)18-13-21-40(44)53(49-28-30-24-32(49)25-31(30)29-49)42-27-34(26-41(45(42)50)51(39)33-14-6-5-7-15-33)52-38-19-9-8-16-35(38)47(3)22-10-11-23-48(47,52)4/h5-9,12-21,26-27,30-32H,10-11,22-25,28-29H2,1-4H3. The second-order valence-corrected chi connectivity index (χ2v) is 19.3. The van der Waals surface area contributed by atoms with Crippen LogP contribution in [0.4, 0.5) is 39.8 Å². The third-order valence-electron chi connectivity index (χ3n) is 17.0. The lowest BCUT2D eigenvalue weighted by molar-refractivity contribution is 0.195. The van der Waals surface area contributed by atoms with Gasteiger partial charge < -0.3 is 14.7 Å². The Kier molecular flexibility index (Phi) is 5.33. The van der Waals surface area contributed by atoms with E-state index in [9.17, 15) is 0 Å². The minimum Gasteiger partial charge on any atom is -0.336 e. The van der Waals surface area contributed by atoms with Crippen LogP contribution in [-0.4, -0.2) is 17.8 Å². The molecular weight excluding hydrogens is 641 g/mol. The summed E-state index contributed by atoms with van der Waals surface area (Å²) in [4.78, 5) is 8.52. The number of benzene rings is 5. The van der Waals surface area contributed by atoms with Gasteiger partial charge in [-0.1, -0.05) is 94.3 Å². The normalized spacial score (nSPS) is 32.3. The molecule has 4 heteroatoms. The summed E-state index contributed by atoms with van der Waals surface area (Å²) < 4.78 is 0. The first-order valence-corrected chi connectivity index (χ1v) is 20.7. The first-order chi connectivity index (χ1) is 25.7. The summed E-state index contributed by atoms with van der Waals surface area (Å²) in [5.41, 5.74) is 19.2. The maximum Gasteiger partial charge on any atom is 0.252 e. The molecule has 5 fully saturated rings. The summed E-state index contributed by atoms with van der Waals surface area (Å²) in [7, 11) is 0. The topological polar surface area (TPSA) is 9.72 Å². The van der Waals surface area contributed by atoms with Gasteiger partial charge >= 0.3 is 0 Å². The van der Waals surface area contributed by atoms with Gasteiger partial charge in [-0.2, -0.15) is 0 Å². The fraction of sp³-hybridized carbons (Fsp3) is 0.388. The van der Waals surface area contributed by atoms with E-state index < -0.39 is 0 Å². The molecule has 0 radical (unpaired) electrons. The highest BCUT2D eigenvalue weighted by Gasteiger charge is 2.67. The molecule has 0 N–H and O–H groups in total. The van der Waals surface area contributed by atoms with Crippen LogP contribution in [0.3, 0.4) is 0 Å². The predicted octanol–water partition coefficient (Wildman–Crippen LogP) is 10.0. The molecule has 4 aliphatic heterocycles. The van der Waals surface area contributed by atoms with Crippen LogP contribution in [0.5, 0.6) is 0 Å². The molecule has 5 aromatic carbocycles. The predicted molar refractivity (Wildman–Crippen MR) is 221 cm³/mol. The van der Waals surface area contributed by atoms with Gasteiger partial charge in [0.1, 0.15) is 0 Å². The molecule has 262 valence electrons. The third-order valence-corrected chi connectivity index (χ3v) is 17.0. The van der Waals surface area contributed by atoms with E-state index in [4.69, 9.17) is 0 Å². The Morgan fingerprint density at radius 3 is 1.91 bits per heavy atom. The average molecular weight is 690 g/mol. The van der Waals surface area contributed by atoms with Crippen molar-refractivity contribution < 1.29 is 0 Å². The average Bonchev–Trinajstić information content (AvgIpc) is 3.95. The van der Waals surface area contributed by atoms with Crippen LogP contribution in [0, 0.1) is 17.8 Å². The zero-order valence-corrected chi connectivity index (χ0v) is 31.6. The number of rotatable bonds is 3. The number of anilines is 7. The molecule has 4 heterocycles. The quantitative estimate of drug-likeness (QED) is 0.171. The molecule has 5 aliphatic carbocycles. The van der Waals surface area contributed by atoms with Gasteiger partial charge in [0.2, 0.25) is 0 Å². The Morgan fingerprint density at radius 2 is 1.17 bits per heavy atom. The molecule has 5 aromatic rings. The van der Waals surface area contributed by atoms with Crippen molar-refractivity contribution >= 4 is 62.9 Å². The van der Waals surface area contributed by atoms with E-state index in [1.54, 1.807) is 16.5 Å². The minimum atomic E-state index is -0.0941. The van der Waals surface area contributed by atoms with Crippen LogP contribution in [0.15, 0.2) is 103 Å². The second-order valence-electron chi connectivity index (χ2n) is 19.3. The fourth-order valence-electron chi connectivity index (χ4n) is 14.7. The van der Waals surface area contributed by atoms with Gasteiger partial charge in [0.05, 0.1) is 5.54 Å². The molecule has 14 rings (SSSR count). The van der Waals surface area contributed by atoms with E-state index in [1.165, 1.54) is 108 Å². The third kappa shape index (κ3) is 3.24.